The summed E-state index contributed by atoms with van der Waals surface area (Å²) >= 11 is 0. The van der Waals surface area contributed by atoms with Gasteiger partial charge in [0.25, 0.3) is 0 Å². The van der Waals surface area contributed by atoms with E-state index in [1.807, 2.05) is 0 Å². The molecular weight excluding hydrogens is 352 g/mol. The largest absolute Gasteiger partial charge is 0.393 e. The molecule has 8 atom stereocenters. The summed E-state index contributed by atoms with van der Waals surface area (Å²) in [5, 5.41) is 34.1. The average Bonchev–Trinajstić information content (AvgIpc) is 2.91. The van der Waals surface area contributed by atoms with Crippen LogP contribution < -0.4 is 0 Å². The molecule has 0 bridgehead atoms. The highest BCUT2D eigenvalue weighted by molar-refractivity contribution is 5.25. The molecule has 0 amide bonds. The lowest BCUT2D eigenvalue weighted by atomic mass is 9.43. The molecule has 1 aromatic rings. The summed E-state index contributed by atoms with van der Waals surface area (Å²) in [7, 11) is 0. The Labute approximate surface area is 167 Å². The zero-order chi connectivity index (χ0) is 19.8. The average molecular weight is 387 g/mol. The van der Waals surface area contributed by atoms with Crippen molar-refractivity contribution in [2.75, 3.05) is 0 Å². The molecule has 0 spiro atoms. The van der Waals surface area contributed by atoms with E-state index >= 15 is 0 Å². The number of nitrogens with zero attached hydrogens (tertiary/aromatic N) is 2. The molecule has 4 aliphatic rings. The van der Waals surface area contributed by atoms with Crippen LogP contribution in [0.25, 0.3) is 0 Å². The molecule has 0 aliphatic heterocycles. The predicted molar refractivity (Wildman–Crippen MR) is 105 cm³/mol. The number of hydrogen-bond acceptors (Lipinski definition) is 5. The van der Waals surface area contributed by atoms with Gasteiger partial charge in [-0.1, -0.05) is 13.8 Å². The Bertz CT molecular complexity index is 759. The molecule has 0 saturated heterocycles. The van der Waals surface area contributed by atoms with Crippen molar-refractivity contribution in [2.45, 2.75) is 88.9 Å². The van der Waals surface area contributed by atoms with E-state index in [9.17, 15) is 15.3 Å². The lowest BCUT2D eigenvalue weighted by Crippen LogP contribution is -2.64. The number of hydrogen-bond donors (Lipinski definition) is 3. The summed E-state index contributed by atoms with van der Waals surface area (Å²) in [6.07, 6.45) is 11.1. The van der Waals surface area contributed by atoms with Gasteiger partial charge in [-0.05, 0) is 87.0 Å². The van der Waals surface area contributed by atoms with E-state index in [0.717, 1.165) is 44.9 Å². The second-order valence-electron chi connectivity index (χ2n) is 10.6. The Hall–Kier alpha value is -1.04. The molecule has 28 heavy (non-hydrogen) atoms. The van der Waals surface area contributed by atoms with Gasteiger partial charge >= 0.3 is 0 Å². The first-order chi connectivity index (χ1) is 13.2. The van der Waals surface area contributed by atoms with Crippen molar-refractivity contribution in [3.63, 3.8) is 0 Å². The van der Waals surface area contributed by atoms with E-state index in [4.69, 9.17) is 0 Å². The first-order valence-electron chi connectivity index (χ1n) is 11.1. The molecule has 3 N–H and O–H groups in total. The van der Waals surface area contributed by atoms with Crippen LogP contribution in [0.15, 0.2) is 18.5 Å². The maximum Gasteiger partial charge on any atom is 0.160 e. The van der Waals surface area contributed by atoms with Gasteiger partial charge in [-0.25, -0.2) is 9.97 Å². The Morgan fingerprint density at radius 3 is 2.39 bits per heavy atom. The van der Waals surface area contributed by atoms with Crippen molar-refractivity contribution in [3.8, 4) is 0 Å². The Kier molecular flexibility index (Phi) is 4.06. The number of aliphatic hydroxyl groups is 3. The third-order valence-electron chi connectivity index (χ3n) is 9.91. The third kappa shape index (κ3) is 2.19. The fourth-order valence-electron chi connectivity index (χ4n) is 8.09. The molecular formula is C23H34N2O3. The van der Waals surface area contributed by atoms with Gasteiger partial charge in [0.1, 0.15) is 5.60 Å². The van der Waals surface area contributed by atoms with Crippen molar-refractivity contribution in [1.82, 2.24) is 9.97 Å². The van der Waals surface area contributed by atoms with Crippen LogP contribution in [0.4, 0.5) is 0 Å². The summed E-state index contributed by atoms with van der Waals surface area (Å²) in [6, 6.07) is 1.77. The summed E-state index contributed by atoms with van der Waals surface area (Å²) in [5.74, 6) is 1.70. The number of rotatable bonds is 1. The van der Waals surface area contributed by atoms with E-state index in [0.29, 0.717) is 30.5 Å². The topological polar surface area (TPSA) is 86.5 Å². The first-order valence-corrected chi connectivity index (χ1v) is 11.1. The van der Waals surface area contributed by atoms with Gasteiger partial charge in [-0.3, -0.25) is 0 Å². The first kappa shape index (κ1) is 19.0. The highest BCUT2D eigenvalue weighted by atomic mass is 16.3. The van der Waals surface area contributed by atoms with Crippen molar-refractivity contribution in [2.24, 2.45) is 28.6 Å². The standard InChI is InChI=1S/C23H34N2O3/c1-20-8-6-16(26)14-15(20)4-5-18-17(20)7-9-21(2)22(18,27)10-11-23(21,28)19-24-12-3-13-25-19/h3,12-13,15-18,26-28H,4-11,14H2,1-2H3/t15-,16+,17+,18-,20+,21+,22+,23+/m1/s1. The second-order valence-corrected chi connectivity index (χ2v) is 10.6. The van der Waals surface area contributed by atoms with Gasteiger partial charge in [0.2, 0.25) is 0 Å². The molecule has 5 rings (SSSR count). The van der Waals surface area contributed by atoms with E-state index in [-0.39, 0.29) is 17.4 Å². The summed E-state index contributed by atoms with van der Waals surface area (Å²) < 4.78 is 0. The SMILES string of the molecule is C[C@]12CC[C@H](O)C[C@H]1CC[C@@H]1[C@@H]2CC[C@]2(C)[C@@](O)(c3ncccn3)CC[C@]12O. The fourth-order valence-corrected chi connectivity index (χ4v) is 8.09. The maximum atomic E-state index is 12.2. The van der Waals surface area contributed by atoms with Crippen LogP contribution in [0.2, 0.25) is 0 Å². The molecule has 0 unspecified atom stereocenters. The second kappa shape index (κ2) is 5.99. The van der Waals surface area contributed by atoms with E-state index in [2.05, 4.69) is 23.8 Å². The van der Waals surface area contributed by atoms with E-state index < -0.39 is 16.6 Å². The van der Waals surface area contributed by atoms with Gasteiger partial charge < -0.3 is 15.3 Å². The number of fused-ring (bicyclic) bond motifs is 5. The van der Waals surface area contributed by atoms with Crippen LogP contribution >= 0.6 is 0 Å². The predicted octanol–water partition coefficient (Wildman–Crippen LogP) is 3.18. The minimum absolute atomic E-state index is 0.154. The van der Waals surface area contributed by atoms with Crippen LogP contribution in [0.1, 0.15) is 77.5 Å². The van der Waals surface area contributed by atoms with Gasteiger partial charge in [-0.15, -0.1) is 0 Å². The van der Waals surface area contributed by atoms with Crippen molar-refractivity contribution in [1.29, 1.82) is 0 Å². The molecule has 4 saturated carbocycles. The fraction of sp³-hybridized carbons (Fsp3) is 0.826. The molecule has 4 aliphatic carbocycles. The summed E-state index contributed by atoms with van der Waals surface area (Å²) in [5.41, 5.74) is -2.48. The zero-order valence-corrected chi connectivity index (χ0v) is 17.1. The molecule has 0 radical (unpaired) electrons. The smallest absolute Gasteiger partial charge is 0.160 e. The van der Waals surface area contributed by atoms with E-state index in [1.165, 1.54) is 0 Å². The van der Waals surface area contributed by atoms with Gasteiger partial charge in [0, 0.05) is 17.8 Å². The summed E-state index contributed by atoms with van der Waals surface area (Å²) in [4.78, 5) is 8.78. The van der Waals surface area contributed by atoms with Crippen molar-refractivity contribution < 1.29 is 15.3 Å². The van der Waals surface area contributed by atoms with Gasteiger partial charge in [0.05, 0.1) is 11.7 Å². The number of aromatic nitrogens is 2. The van der Waals surface area contributed by atoms with Crippen LogP contribution in [0.3, 0.4) is 0 Å². The number of aliphatic hydroxyl groups excluding tert-OH is 1. The highest BCUT2D eigenvalue weighted by Gasteiger charge is 2.72. The maximum absolute atomic E-state index is 12.2. The Morgan fingerprint density at radius 2 is 1.64 bits per heavy atom. The lowest BCUT2D eigenvalue weighted by molar-refractivity contribution is -0.239. The van der Waals surface area contributed by atoms with Crippen LogP contribution in [-0.4, -0.2) is 37.0 Å². The molecule has 4 fully saturated rings. The van der Waals surface area contributed by atoms with E-state index in [1.54, 1.807) is 18.5 Å². The Morgan fingerprint density at radius 1 is 0.893 bits per heavy atom. The van der Waals surface area contributed by atoms with Crippen LogP contribution in [-0.2, 0) is 5.60 Å². The lowest BCUT2D eigenvalue weighted by Gasteiger charge is -2.64. The Balaban J connectivity index is 1.52. The third-order valence-corrected chi connectivity index (χ3v) is 9.91. The monoisotopic (exact) mass is 386 g/mol. The minimum atomic E-state index is -1.17. The van der Waals surface area contributed by atoms with Gasteiger partial charge in [-0.2, -0.15) is 0 Å². The molecule has 1 heterocycles. The molecule has 5 heteroatoms. The highest BCUT2D eigenvalue weighted by Crippen LogP contribution is 2.71. The molecule has 5 nitrogen and oxygen atoms in total. The molecule has 0 aromatic carbocycles. The molecule has 1 aromatic heterocycles. The minimum Gasteiger partial charge on any atom is -0.393 e. The van der Waals surface area contributed by atoms with Crippen LogP contribution in [0, 0.1) is 28.6 Å². The van der Waals surface area contributed by atoms with Gasteiger partial charge in [0.15, 0.2) is 5.82 Å². The normalized spacial score (nSPS) is 53.2. The van der Waals surface area contributed by atoms with Crippen molar-refractivity contribution >= 4 is 0 Å². The quantitative estimate of drug-likeness (QED) is 0.690. The summed E-state index contributed by atoms with van der Waals surface area (Å²) in [6.45, 7) is 4.49. The van der Waals surface area contributed by atoms with Crippen molar-refractivity contribution in [3.05, 3.63) is 24.3 Å². The molecule has 154 valence electrons. The van der Waals surface area contributed by atoms with Crippen LogP contribution in [0.5, 0.6) is 0 Å². The zero-order valence-electron chi connectivity index (χ0n) is 17.1.